The minimum atomic E-state index is -3.47. The van der Waals surface area contributed by atoms with Crippen LogP contribution in [0.15, 0.2) is 16.3 Å². The second-order valence-corrected chi connectivity index (χ2v) is 8.87. The third kappa shape index (κ3) is 2.97. The van der Waals surface area contributed by atoms with Crippen LogP contribution >= 0.6 is 22.9 Å². The van der Waals surface area contributed by atoms with E-state index in [9.17, 15) is 8.42 Å². The van der Waals surface area contributed by atoms with Gasteiger partial charge in [-0.3, -0.25) is 0 Å². The van der Waals surface area contributed by atoms with Gasteiger partial charge in [0.15, 0.2) is 0 Å². The highest BCUT2D eigenvalue weighted by molar-refractivity contribution is 7.91. The standard InChI is InChI=1S/C12H18ClNO3S2/c1-12(7-3-9-15)6-2-8-14(12)19(16,17)11-5-4-10(13)18-11/h4-5,15H,2-3,6-9H2,1H3. The van der Waals surface area contributed by atoms with Crippen LogP contribution in [0.2, 0.25) is 4.34 Å². The van der Waals surface area contributed by atoms with E-state index >= 15 is 0 Å². The van der Waals surface area contributed by atoms with E-state index in [1.807, 2.05) is 6.92 Å². The predicted molar refractivity (Wildman–Crippen MR) is 77.2 cm³/mol. The van der Waals surface area contributed by atoms with E-state index in [1.165, 1.54) is 0 Å². The predicted octanol–water partition coefficient (Wildman–Crippen LogP) is 2.72. The highest BCUT2D eigenvalue weighted by atomic mass is 35.5. The Morgan fingerprint density at radius 1 is 1.53 bits per heavy atom. The van der Waals surface area contributed by atoms with E-state index in [0.29, 0.717) is 27.9 Å². The molecule has 1 saturated heterocycles. The Kier molecular flexibility index (Phi) is 4.57. The van der Waals surface area contributed by atoms with Crippen molar-refractivity contribution in [3.8, 4) is 0 Å². The molecule has 4 nitrogen and oxygen atoms in total. The van der Waals surface area contributed by atoms with Crippen LogP contribution in [-0.4, -0.2) is 36.5 Å². The largest absolute Gasteiger partial charge is 0.396 e. The molecule has 108 valence electrons. The summed E-state index contributed by atoms with van der Waals surface area (Å²) in [5.74, 6) is 0. The molecule has 1 aliphatic rings. The highest BCUT2D eigenvalue weighted by Gasteiger charge is 2.44. The van der Waals surface area contributed by atoms with Gasteiger partial charge in [0, 0.05) is 18.7 Å². The average molecular weight is 324 g/mol. The fraction of sp³-hybridized carbons (Fsp3) is 0.667. The molecule has 1 aliphatic heterocycles. The van der Waals surface area contributed by atoms with Gasteiger partial charge in [-0.15, -0.1) is 11.3 Å². The smallest absolute Gasteiger partial charge is 0.253 e. The minimum Gasteiger partial charge on any atom is -0.396 e. The normalized spacial score (nSPS) is 25.0. The molecule has 1 aromatic rings. The molecule has 1 unspecified atom stereocenters. The van der Waals surface area contributed by atoms with Gasteiger partial charge in [0.25, 0.3) is 10.0 Å². The molecule has 1 N–H and O–H groups in total. The summed E-state index contributed by atoms with van der Waals surface area (Å²) in [6.07, 6.45) is 3.00. The quantitative estimate of drug-likeness (QED) is 0.906. The molecular formula is C12H18ClNO3S2. The van der Waals surface area contributed by atoms with E-state index in [1.54, 1.807) is 16.4 Å². The first-order chi connectivity index (χ1) is 8.90. The number of aliphatic hydroxyl groups excluding tert-OH is 1. The van der Waals surface area contributed by atoms with E-state index in [-0.39, 0.29) is 6.61 Å². The molecule has 1 fully saturated rings. The van der Waals surface area contributed by atoms with Gasteiger partial charge >= 0.3 is 0 Å². The van der Waals surface area contributed by atoms with Gasteiger partial charge in [-0.25, -0.2) is 8.42 Å². The van der Waals surface area contributed by atoms with E-state index in [2.05, 4.69) is 0 Å². The van der Waals surface area contributed by atoms with Crippen molar-refractivity contribution >= 4 is 33.0 Å². The zero-order valence-corrected chi connectivity index (χ0v) is 13.2. The molecule has 0 saturated carbocycles. The highest BCUT2D eigenvalue weighted by Crippen LogP contribution is 2.39. The fourth-order valence-corrected chi connectivity index (χ4v) is 6.13. The van der Waals surface area contributed by atoms with Crippen LogP contribution in [0.1, 0.15) is 32.6 Å². The van der Waals surface area contributed by atoms with Crippen molar-refractivity contribution in [2.45, 2.75) is 42.4 Å². The van der Waals surface area contributed by atoms with Crippen LogP contribution in [-0.2, 0) is 10.0 Å². The Morgan fingerprint density at radius 2 is 2.26 bits per heavy atom. The van der Waals surface area contributed by atoms with Crippen molar-refractivity contribution in [1.29, 1.82) is 0 Å². The Labute approximate surface area is 123 Å². The summed E-state index contributed by atoms with van der Waals surface area (Å²) in [6.45, 7) is 2.59. The molecule has 0 amide bonds. The third-order valence-corrected chi connectivity index (χ3v) is 7.40. The Balaban J connectivity index is 2.29. The maximum absolute atomic E-state index is 12.6. The first-order valence-electron chi connectivity index (χ1n) is 6.29. The lowest BCUT2D eigenvalue weighted by molar-refractivity contribution is 0.209. The van der Waals surface area contributed by atoms with Crippen molar-refractivity contribution in [1.82, 2.24) is 4.31 Å². The van der Waals surface area contributed by atoms with Gasteiger partial charge in [0.05, 0.1) is 4.34 Å². The molecule has 0 aliphatic carbocycles. The first-order valence-corrected chi connectivity index (χ1v) is 8.93. The molecule has 1 aromatic heterocycles. The van der Waals surface area contributed by atoms with Gasteiger partial charge < -0.3 is 5.11 Å². The Hall–Kier alpha value is -0.140. The number of hydrogen-bond acceptors (Lipinski definition) is 4. The number of hydrogen-bond donors (Lipinski definition) is 1. The number of sulfonamides is 1. The Bertz CT molecular complexity index is 543. The van der Waals surface area contributed by atoms with Crippen LogP contribution in [0.4, 0.5) is 0 Å². The van der Waals surface area contributed by atoms with Crippen molar-refractivity contribution in [3.63, 3.8) is 0 Å². The summed E-state index contributed by atoms with van der Waals surface area (Å²) < 4.78 is 27.6. The molecule has 2 rings (SSSR count). The SMILES string of the molecule is CC1(CCCO)CCCN1S(=O)(=O)c1ccc(Cl)s1. The van der Waals surface area contributed by atoms with Crippen molar-refractivity contribution < 1.29 is 13.5 Å². The molecule has 0 spiro atoms. The monoisotopic (exact) mass is 323 g/mol. The summed E-state index contributed by atoms with van der Waals surface area (Å²) in [4.78, 5) is 0. The number of thiophene rings is 1. The van der Waals surface area contributed by atoms with Crippen molar-refractivity contribution in [2.75, 3.05) is 13.2 Å². The van der Waals surface area contributed by atoms with Crippen LogP contribution < -0.4 is 0 Å². The zero-order valence-electron chi connectivity index (χ0n) is 10.8. The Morgan fingerprint density at radius 3 is 2.84 bits per heavy atom. The summed E-state index contributed by atoms with van der Waals surface area (Å²) in [6, 6.07) is 3.17. The molecule has 0 aromatic carbocycles. The van der Waals surface area contributed by atoms with E-state index in [0.717, 1.165) is 24.2 Å². The summed E-state index contributed by atoms with van der Waals surface area (Å²) in [7, 11) is -3.47. The average Bonchev–Trinajstić information content (AvgIpc) is 2.94. The van der Waals surface area contributed by atoms with Crippen LogP contribution in [0.3, 0.4) is 0 Å². The number of nitrogens with zero attached hydrogens (tertiary/aromatic N) is 1. The van der Waals surface area contributed by atoms with Gasteiger partial charge in [-0.1, -0.05) is 11.6 Å². The second kappa shape index (κ2) is 5.69. The zero-order chi connectivity index (χ0) is 14.1. The van der Waals surface area contributed by atoms with Crippen molar-refractivity contribution in [3.05, 3.63) is 16.5 Å². The lowest BCUT2D eigenvalue weighted by Gasteiger charge is -2.34. The summed E-state index contributed by atoms with van der Waals surface area (Å²) in [5, 5.41) is 8.97. The van der Waals surface area contributed by atoms with Crippen LogP contribution in [0, 0.1) is 0 Å². The maximum Gasteiger partial charge on any atom is 0.253 e. The number of rotatable bonds is 5. The van der Waals surface area contributed by atoms with E-state index < -0.39 is 15.6 Å². The molecule has 7 heteroatoms. The molecule has 1 atom stereocenters. The lowest BCUT2D eigenvalue weighted by atomic mass is 9.94. The van der Waals surface area contributed by atoms with Gasteiger partial charge in [0.1, 0.15) is 4.21 Å². The fourth-order valence-electron chi connectivity index (χ4n) is 2.66. The summed E-state index contributed by atoms with van der Waals surface area (Å²) in [5.41, 5.74) is -0.391. The maximum atomic E-state index is 12.6. The second-order valence-electron chi connectivity index (χ2n) is 5.06. The van der Waals surface area contributed by atoms with Crippen LogP contribution in [0.5, 0.6) is 0 Å². The van der Waals surface area contributed by atoms with Crippen LogP contribution in [0.25, 0.3) is 0 Å². The first kappa shape index (κ1) is 15.3. The lowest BCUT2D eigenvalue weighted by Crippen LogP contribution is -2.44. The number of aliphatic hydroxyl groups is 1. The van der Waals surface area contributed by atoms with Gasteiger partial charge in [-0.05, 0) is 44.7 Å². The minimum absolute atomic E-state index is 0.0916. The number of halogens is 1. The molecule has 19 heavy (non-hydrogen) atoms. The molecule has 0 radical (unpaired) electrons. The van der Waals surface area contributed by atoms with E-state index in [4.69, 9.17) is 16.7 Å². The van der Waals surface area contributed by atoms with Gasteiger partial charge in [-0.2, -0.15) is 4.31 Å². The van der Waals surface area contributed by atoms with Gasteiger partial charge in [0.2, 0.25) is 0 Å². The molecule has 2 heterocycles. The molecular weight excluding hydrogens is 306 g/mol. The third-order valence-electron chi connectivity index (χ3n) is 3.65. The molecule has 0 bridgehead atoms. The topological polar surface area (TPSA) is 57.6 Å². The van der Waals surface area contributed by atoms with Crippen molar-refractivity contribution in [2.24, 2.45) is 0 Å². The summed E-state index contributed by atoms with van der Waals surface area (Å²) >= 11 is 6.92.